The van der Waals surface area contributed by atoms with Crippen LogP contribution in [0.5, 0.6) is 0 Å². The van der Waals surface area contributed by atoms with Crippen LogP contribution in [0.25, 0.3) is 55.2 Å². The van der Waals surface area contributed by atoms with E-state index in [1.807, 2.05) is 93.0 Å². The smallest absolute Gasteiger partial charge is 0.128 e. The predicted octanol–water partition coefficient (Wildman–Crippen LogP) is 8.16. The average molecular weight is 670 g/mol. The van der Waals surface area contributed by atoms with E-state index in [1.165, 1.54) is 5.56 Å². The van der Waals surface area contributed by atoms with Gasteiger partial charge in [0, 0.05) is 60.5 Å². The standard InChI is InChI=1S/C21H13N2O.C12H10N.Ir/c1-13-14-8-9-16-15-5-4-6-18(19-7-2-3-11-23-19)21(15)24-20(16)17(14)10-12-22-13;1-10-7-8-12(13-9-10)11-5-3-2-4-6-11;/h2-5,7-12H,1H3;2-5,7-9H,1H3;/q2*-1;. The average Bonchev–Trinajstić information content (AvgIpc) is 3.35. The summed E-state index contributed by atoms with van der Waals surface area (Å²) < 4.78 is 6.31. The summed E-state index contributed by atoms with van der Waals surface area (Å²) in [6.07, 6.45) is 5.49. The molecule has 0 fully saturated rings. The van der Waals surface area contributed by atoms with Gasteiger partial charge < -0.3 is 14.4 Å². The molecule has 7 aromatic rings. The molecule has 0 aliphatic carbocycles. The predicted molar refractivity (Wildman–Crippen MR) is 149 cm³/mol. The fourth-order valence-electron chi connectivity index (χ4n) is 4.48. The molecule has 3 aromatic carbocycles. The number of pyridine rings is 3. The summed E-state index contributed by atoms with van der Waals surface area (Å²) in [5.41, 5.74) is 7.69. The molecule has 0 N–H and O–H groups in total. The zero-order valence-electron chi connectivity index (χ0n) is 20.9. The summed E-state index contributed by atoms with van der Waals surface area (Å²) in [6.45, 7) is 4.05. The van der Waals surface area contributed by atoms with E-state index >= 15 is 0 Å². The van der Waals surface area contributed by atoms with Crippen LogP contribution in [-0.4, -0.2) is 15.0 Å². The topological polar surface area (TPSA) is 51.8 Å². The maximum absolute atomic E-state index is 6.31. The Morgan fingerprint density at radius 2 is 1.42 bits per heavy atom. The van der Waals surface area contributed by atoms with Gasteiger partial charge in [-0.15, -0.1) is 54.1 Å². The van der Waals surface area contributed by atoms with Crippen molar-refractivity contribution in [1.82, 2.24) is 15.0 Å². The van der Waals surface area contributed by atoms with Crippen molar-refractivity contribution < 1.29 is 24.5 Å². The first-order valence-electron chi connectivity index (χ1n) is 12.1. The summed E-state index contributed by atoms with van der Waals surface area (Å²) in [5, 5.41) is 4.39. The molecule has 1 radical (unpaired) electrons. The van der Waals surface area contributed by atoms with Gasteiger partial charge >= 0.3 is 0 Å². The van der Waals surface area contributed by atoms with Crippen LogP contribution in [-0.2, 0) is 20.1 Å². The molecule has 0 unspecified atom stereocenters. The number of benzene rings is 3. The van der Waals surface area contributed by atoms with Crippen molar-refractivity contribution >= 4 is 32.7 Å². The Balaban J connectivity index is 0.000000179. The fraction of sp³-hybridized carbons (Fsp3) is 0.0606. The van der Waals surface area contributed by atoms with E-state index in [9.17, 15) is 0 Å². The van der Waals surface area contributed by atoms with Crippen molar-refractivity contribution in [2.75, 3.05) is 0 Å². The van der Waals surface area contributed by atoms with Crippen LogP contribution in [0.3, 0.4) is 0 Å². The molecular weight excluding hydrogens is 647 g/mol. The normalized spacial score (nSPS) is 10.7. The number of hydrogen-bond donors (Lipinski definition) is 0. The number of hydrogen-bond acceptors (Lipinski definition) is 4. The first kappa shape index (κ1) is 25.5. The Morgan fingerprint density at radius 3 is 2.18 bits per heavy atom. The second kappa shape index (κ2) is 11.1. The minimum absolute atomic E-state index is 0. The van der Waals surface area contributed by atoms with Gasteiger partial charge in [-0.1, -0.05) is 47.3 Å². The molecule has 0 saturated carbocycles. The van der Waals surface area contributed by atoms with E-state index in [2.05, 4.69) is 45.3 Å². The van der Waals surface area contributed by atoms with Crippen LogP contribution in [0.2, 0.25) is 0 Å². The summed E-state index contributed by atoms with van der Waals surface area (Å²) >= 11 is 0. The number of fused-ring (bicyclic) bond motifs is 5. The van der Waals surface area contributed by atoms with Crippen molar-refractivity contribution in [1.29, 1.82) is 0 Å². The largest absolute Gasteiger partial charge is 0.500 e. The molecule has 7 rings (SSSR count). The van der Waals surface area contributed by atoms with Crippen LogP contribution >= 0.6 is 0 Å². The zero-order valence-corrected chi connectivity index (χ0v) is 23.3. The van der Waals surface area contributed by atoms with Gasteiger partial charge in [-0.25, -0.2) is 0 Å². The van der Waals surface area contributed by atoms with Crippen molar-refractivity contribution in [3.05, 3.63) is 127 Å². The molecule has 4 heterocycles. The Bertz CT molecular complexity index is 1830. The number of furan rings is 1. The van der Waals surface area contributed by atoms with E-state index in [1.54, 1.807) is 6.20 Å². The maximum atomic E-state index is 6.31. The summed E-state index contributed by atoms with van der Waals surface area (Å²) in [4.78, 5) is 13.1. The van der Waals surface area contributed by atoms with Crippen molar-refractivity contribution in [2.24, 2.45) is 0 Å². The number of aromatic nitrogens is 3. The van der Waals surface area contributed by atoms with Crippen molar-refractivity contribution in [3.63, 3.8) is 0 Å². The first-order chi connectivity index (χ1) is 18.2. The van der Waals surface area contributed by atoms with Gasteiger partial charge in [-0.3, -0.25) is 4.98 Å². The third kappa shape index (κ3) is 4.86. The molecular formula is C33H23IrN3O-2. The van der Waals surface area contributed by atoms with Gasteiger partial charge in [0.15, 0.2) is 0 Å². The minimum Gasteiger partial charge on any atom is -0.500 e. The summed E-state index contributed by atoms with van der Waals surface area (Å²) in [7, 11) is 0. The third-order valence-corrected chi connectivity index (χ3v) is 6.36. The molecule has 4 aromatic heterocycles. The van der Waals surface area contributed by atoms with Crippen LogP contribution in [0, 0.1) is 26.0 Å². The second-order valence-corrected chi connectivity index (χ2v) is 8.84. The molecule has 0 aliphatic rings. The summed E-state index contributed by atoms with van der Waals surface area (Å²) in [5.74, 6) is 0. The van der Waals surface area contributed by atoms with Gasteiger partial charge in [0.05, 0.1) is 5.58 Å². The molecule has 187 valence electrons. The van der Waals surface area contributed by atoms with Crippen LogP contribution in [0.1, 0.15) is 11.3 Å². The molecule has 38 heavy (non-hydrogen) atoms. The zero-order chi connectivity index (χ0) is 25.2. The van der Waals surface area contributed by atoms with E-state index in [0.717, 1.165) is 60.9 Å². The minimum atomic E-state index is 0. The third-order valence-electron chi connectivity index (χ3n) is 6.36. The first-order valence-corrected chi connectivity index (χ1v) is 12.1. The fourth-order valence-corrected chi connectivity index (χ4v) is 4.48. The SMILES string of the molecule is Cc1ccc(-c2[c-]cccc2)nc1.Cc1nccc2c1ccc1c3cc[c-]c(-c4ccccn4)c3oc21.[Ir]. The second-order valence-electron chi connectivity index (χ2n) is 8.84. The quantitative estimate of drug-likeness (QED) is 0.174. The van der Waals surface area contributed by atoms with Gasteiger partial charge in [-0.05, 0) is 42.9 Å². The van der Waals surface area contributed by atoms with Gasteiger partial charge in [-0.2, -0.15) is 0 Å². The van der Waals surface area contributed by atoms with Gasteiger partial charge in [0.1, 0.15) is 5.58 Å². The van der Waals surface area contributed by atoms with Crippen molar-refractivity contribution in [3.8, 4) is 22.5 Å². The van der Waals surface area contributed by atoms with E-state index in [-0.39, 0.29) is 20.1 Å². The molecule has 0 bridgehead atoms. The Kier molecular flexibility index (Phi) is 7.41. The molecule has 0 saturated heterocycles. The Morgan fingerprint density at radius 1 is 0.605 bits per heavy atom. The summed E-state index contributed by atoms with van der Waals surface area (Å²) in [6, 6.07) is 34.4. The monoisotopic (exact) mass is 670 g/mol. The number of aryl methyl sites for hydroxylation is 2. The van der Waals surface area contributed by atoms with Gasteiger partial charge in [0.25, 0.3) is 0 Å². The van der Waals surface area contributed by atoms with Crippen LogP contribution in [0.15, 0.2) is 108 Å². The Labute approximate surface area is 234 Å². The molecule has 5 heteroatoms. The molecule has 0 atom stereocenters. The number of rotatable bonds is 2. The van der Waals surface area contributed by atoms with E-state index < -0.39 is 0 Å². The van der Waals surface area contributed by atoms with Crippen LogP contribution in [0.4, 0.5) is 0 Å². The van der Waals surface area contributed by atoms with Crippen molar-refractivity contribution in [2.45, 2.75) is 13.8 Å². The van der Waals surface area contributed by atoms with Crippen LogP contribution < -0.4 is 0 Å². The molecule has 4 nitrogen and oxygen atoms in total. The molecule has 0 spiro atoms. The Hall–Kier alpha value is -4.18. The molecule has 0 amide bonds. The van der Waals surface area contributed by atoms with Gasteiger partial charge in [0.2, 0.25) is 0 Å². The van der Waals surface area contributed by atoms with E-state index in [4.69, 9.17) is 4.42 Å². The van der Waals surface area contributed by atoms with E-state index in [0.29, 0.717) is 0 Å². The maximum Gasteiger partial charge on any atom is 0.128 e. The number of nitrogens with zero attached hydrogens (tertiary/aromatic N) is 3. The molecule has 0 aliphatic heterocycles.